The minimum absolute atomic E-state index is 0.0475. The number of nitrogens with one attached hydrogen (secondary N) is 1. The first-order valence-electron chi connectivity index (χ1n) is 5.09. The van der Waals surface area contributed by atoms with Crippen LogP contribution in [0.15, 0.2) is 29.0 Å². The molecule has 3 rings (SSSR count). The molecule has 0 saturated heterocycles. The number of aromatic nitrogens is 4. The number of hydrogen-bond donors (Lipinski definition) is 1. The van der Waals surface area contributed by atoms with Gasteiger partial charge in [-0.2, -0.15) is 8.42 Å². The second-order valence-corrected chi connectivity index (χ2v) is 6.81. The van der Waals surface area contributed by atoms with Crippen LogP contribution in [0.25, 0.3) is 4.96 Å². The quantitative estimate of drug-likeness (QED) is 0.732. The first-order valence-corrected chi connectivity index (χ1v) is 8.21. The van der Waals surface area contributed by atoms with Crippen molar-refractivity contribution < 1.29 is 8.42 Å². The largest absolute Gasteiger partial charge is 0.282 e. The van der Waals surface area contributed by atoms with Crippen LogP contribution in [0.3, 0.4) is 0 Å². The molecule has 0 bridgehead atoms. The van der Waals surface area contributed by atoms with E-state index in [1.54, 1.807) is 11.6 Å². The fourth-order valence-corrected chi connectivity index (χ4v) is 4.16. The number of fused-ring (bicyclic) bond motifs is 1. The molecule has 7 nitrogen and oxygen atoms in total. The zero-order valence-corrected chi connectivity index (χ0v) is 12.6. The number of rotatable bonds is 3. The highest BCUT2D eigenvalue weighted by atomic mass is 35.5. The van der Waals surface area contributed by atoms with Crippen LogP contribution in [0.5, 0.6) is 0 Å². The first-order chi connectivity index (χ1) is 9.47. The number of thiazole rings is 1. The van der Waals surface area contributed by atoms with Crippen LogP contribution in [0, 0.1) is 0 Å². The Balaban J connectivity index is 2.08. The summed E-state index contributed by atoms with van der Waals surface area (Å²) in [5, 5.41) is 1.58. The van der Waals surface area contributed by atoms with Crippen molar-refractivity contribution in [1.29, 1.82) is 0 Å². The van der Waals surface area contributed by atoms with Crippen molar-refractivity contribution in [1.82, 2.24) is 19.4 Å². The molecule has 1 N–H and O–H groups in total. The van der Waals surface area contributed by atoms with E-state index in [4.69, 9.17) is 23.2 Å². The summed E-state index contributed by atoms with van der Waals surface area (Å²) in [6.07, 6.45) is 2.72. The molecule has 104 valence electrons. The van der Waals surface area contributed by atoms with Crippen LogP contribution >= 0.6 is 34.5 Å². The Labute approximate surface area is 127 Å². The van der Waals surface area contributed by atoms with E-state index in [-0.39, 0.29) is 21.2 Å². The predicted molar refractivity (Wildman–Crippen MR) is 75.9 cm³/mol. The molecule has 0 unspecified atom stereocenters. The summed E-state index contributed by atoms with van der Waals surface area (Å²) < 4.78 is 28.4. The summed E-state index contributed by atoms with van der Waals surface area (Å²) in [7, 11) is -3.94. The fraction of sp³-hybridized carbons (Fsp3) is 0. The summed E-state index contributed by atoms with van der Waals surface area (Å²) in [6, 6.07) is 1.29. The SMILES string of the molecule is O=S(=O)(Nc1cc(Cl)ncn1)c1c(Cl)nc2sccn12. The summed E-state index contributed by atoms with van der Waals surface area (Å²) in [5.74, 6) is 0.0475. The van der Waals surface area contributed by atoms with E-state index in [9.17, 15) is 8.42 Å². The van der Waals surface area contributed by atoms with Gasteiger partial charge in [-0.25, -0.2) is 15.0 Å². The van der Waals surface area contributed by atoms with Crippen molar-refractivity contribution >= 4 is 55.3 Å². The van der Waals surface area contributed by atoms with E-state index in [0.29, 0.717) is 4.96 Å². The van der Waals surface area contributed by atoms with E-state index in [1.165, 1.54) is 21.8 Å². The average molecular weight is 350 g/mol. The molecule has 0 radical (unpaired) electrons. The van der Waals surface area contributed by atoms with Gasteiger partial charge in [0.05, 0.1) is 0 Å². The Morgan fingerprint density at radius 3 is 2.85 bits per heavy atom. The van der Waals surface area contributed by atoms with Gasteiger partial charge >= 0.3 is 0 Å². The van der Waals surface area contributed by atoms with Crippen molar-refractivity contribution in [3.8, 4) is 0 Å². The van der Waals surface area contributed by atoms with E-state index in [0.717, 1.165) is 6.33 Å². The van der Waals surface area contributed by atoms with Gasteiger partial charge in [0.2, 0.25) is 0 Å². The Bertz CT molecular complexity index is 889. The zero-order chi connectivity index (χ0) is 14.3. The zero-order valence-electron chi connectivity index (χ0n) is 9.49. The second-order valence-electron chi connectivity index (χ2n) is 3.59. The molecule has 0 atom stereocenters. The number of imidazole rings is 1. The van der Waals surface area contributed by atoms with E-state index < -0.39 is 10.0 Å². The van der Waals surface area contributed by atoms with Crippen molar-refractivity contribution in [3.05, 3.63) is 34.3 Å². The van der Waals surface area contributed by atoms with Crippen molar-refractivity contribution in [2.75, 3.05) is 4.72 Å². The van der Waals surface area contributed by atoms with Gasteiger partial charge in [0.1, 0.15) is 17.3 Å². The van der Waals surface area contributed by atoms with Gasteiger partial charge < -0.3 is 0 Å². The molecule has 0 spiro atoms. The summed E-state index contributed by atoms with van der Waals surface area (Å²) >= 11 is 12.8. The average Bonchev–Trinajstić information content (AvgIpc) is 2.87. The monoisotopic (exact) mass is 349 g/mol. The second kappa shape index (κ2) is 4.85. The van der Waals surface area contributed by atoms with Gasteiger partial charge in [0.15, 0.2) is 15.1 Å². The predicted octanol–water partition coefficient (Wildman–Crippen LogP) is 2.29. The van der Waals surface area contributed by atoms with Crippen molar-refractivity contribution in [2.24, 2.45) is 0 Å². The van der Waals surface area contributed by atoms with Gasteiger partial charge in [0, 0.05) is 17.6 Å². The molecule has 3 aromatic heterocycles. The van der Waals surface area contributed by atoms with E-state index in [2.05, 4.69) is 19.7 Å². The molecule has 3 heterocycles. The molecule has 0 saturated carbocycles. The molecular weight excluding hydrogens is 345 g/mol. The molecule has 0 aromatic carbocycles. The number of hydrogen-bond acceptors (Lipinski definition) is 6. The highest BCUT2D eigenvalue weighted by molar-refractivity contribution is 7.92. The van der Waals surface area contributed by atoms with Crippen LogP contribution < -0.4 is 4.72 Å². The molecule has 0 aliphatic carbocycles. The number of anilines is 1. The topological polar surface area (TPSA) is 89.2 Å². The third kappa shape index (κ3) is 2.33. The third-order valence-electron chi connectivity index (χ3n) is 2.31. The Morgan fingerprint density at radius 1 is 1.30 bits per heavy atom. The van der Waals surface area contributed by atoms with Gasteiger partial charge in [0.25, 0.3) is 10.0 Å². The van der Waals surface area contributed by atoms with Crippen molar-refractivity contribution in [3.63, 3.8) is 0 Å². The van der Waals surface area contributed by atoms with Crippen LogP contribution in [0.2, 0.25) is 10.3 Å². The highest BCUT2D eigenvalue weighted by Crippen LogP contribution is 2.26. The Hall–Kier alpha value is -1.42. The standard InChI is InChI=1S/C9H5Cl2N5O2S2/c10-5-3-6(13-4-12-5)15-20(17,18)8-7(11)14-9-16(8)1-2-19-9/h1-4H,(H,12,13,15). The molecule has 20 heavy (non-hydrogen) atoms. The lowest BCUT2D eigenvalue weighted by Gasteiger charge is -2.06. The highest BCUT2D eigenvalue weighted by Gasteiger charge is 2.25. The third-order valence-corrected chi connectivity index (χ3v) is 5.02. The first kappa shape index (κ1) is 13.6. The number of halogens is 2. The molecule has 11 heteroatoms. The lowest BCUT2D eigenvalue weighted by Crippen LogP contribution is -2.16. The van der Waals surface area contributed by atoms with Crippen molar-refractivity contribution in [2.45, 2.75) is 5.03 Å². The lowest BCUT2D eigenvalue weighted by atomic mass is 10.6. The maximum absolute atomic E-state index is 12.4. The van der Waals surface area contributed by atoms with Gasteiger partial charge in [-0.1, -0.05) is 23.2 Å². The molecule has 0 fully saturated rings. The summed E-state index contributed by atoms with van der Waals surface area (Å²) in [4.78, 5) is 11.9. The Kier molecular flexibility index (Phi) is 3.28. The van der Waals surface area contributed by atoms with E-state index >= 15 is 0 Å². The molecule has 0 amide bonds. The number of nitrogens with zero attached hydrogens (tertiary/aromatic N) is 4. The molecule has 3 aromatic rings. The lowest BCUT2D eigenvalue weighted by molar-refractivity contribution is 0.596. The van der Waals surface area contributed by atoms with Crippen LogP contribution in [0.1, 0.15) is 0 Å². The van der Waals surface area contributed by atoms with Crippen LogP contribution in [-0.2, 0) is 10.0 Å². The molecule has 0 aliphatic rings. The van der Waals surface area contributed by atoms with E-state index in [1.807, 2.05) is 0 Å². The summed E-state index contributed by atoms with van der Waals surface area (Å²) in [5.41, 5.74) is 0. The fourth-order valence-electron chi connectivity index (χ4n) is 1.55. The normalized spacial score (nSPS) is 11.9. The van der Waals surface area contributed by atoms with Gasteiger partial charge in [-0.05, 0) is 0 Å². The number of sulfonamides is 1. The maximum Gasteiger partial charge on any atom is 0.282 e. The van der Waals surface area contributed by atoms with Gasteiger partial charge in [-0.3, -0.25) is 9.12 Å². The van der Waals surface area contributed by atoms with Crippen LogP contribution in [0.4, 0.5) is 5.82 Å². The minimum atomic E-state index is -3.94. The Morgan fingerprint density at radius 2 is 2.10 bits per heavy atom. The maximum atomic E-state index is 12.4. The summed E-state index contributed by atoms with van der Waals surface area (Å²) in [6.45, 7) is 0. The molecular formula is C9H5Cl2N5O2S2. The van der Waals surface area contributed by atoms with Gasteiger partial charge in [-0.15, -0.1) is 11.3 Å². The molecule has 0 aliphatic heterocycles. The van der Waals surface area contributed by atoms with Crippen LogP contribution in [-0.4, -0.2) is 27.8 Å². The smallest absolute Gasteiger partial charge is 0.278 e. The minimum Gasteiger partial charge on any atom is -0.278 e.